The molecular formula is C16H10Br2O2. The van der Waals surface area contributed by atoms with Crippen molar-refractivity contribution in [2.24, 2.45) is 0 Å². The van der Waals surface area contributed by atoms with E-state index in [1.165, 1.54) is 0 Å². The fourth-order valence-corrected chi connectivity index (χ4v) is 3.24. The summed E-state index contributed by atoms with van der Waals surface area (Å²) in [5.41, 5.74) is 0.578. The Bertz CT molecular complexity index is 841. The third-order valence-corrected chi connectivity index (χ3v) is 4.34. The standard InChI is InChI=1S/C16H10Br2O2/c1-20-16-14-7-10(18)3-5-12(14)11-4-2-9(17)6-13(11)15(16)8-19/h2-8H,1H3. The molecule has 100 valence electrons. The molecule has 0 aromatic heterocycles. The van der Waals surface area contributed by atoms with Crippen LogP contribution in [0, 0.1) is 0 Å². The lowest BCUT2D eigenvalue weighted by Gasteiger charge is -2.13. The topological polar surface area (TPSA) is 26.3 Å². The van der Waals surface area contributed by atoms with Crippen molar-refractivity contribution in [2.75, 3.05) is 7.11 Å². The summed E-state index contributed by atoms with van der Waals surface area (Å²) in [5, 5.41) is 3.93. The summed E-state index contributed by atoms with van der Waals surface area (Å²) in [6, 6.07) is 11.9. The SMILES string of the molecule is COc1c(C=O)c2cc(Br)ccc2c2ccc(Br)cc12. The lowest BCUT2D eigenvalue weighted by atomic mass is 9.96. The zero-order chi connectivity index (χ0) is 14.3. The van der Waals surface area contributed by atoms with Crippen LogP contribution in [-0.4, -0.2) is 13.4 Å². The Labute approximate surface area is 133 Å². The van der Waals surface area contributed by atoms with Crippen LogP contribution in [0.1, 0.15) is 10.4 Å². The highest BCUT2D eigenvalue weighted by atomic mass is 79.9. The maximum atomic E-state index is 11.5. The van der Waals surface area contributed by atoms with Crippen molar-refractivity contribution in [3.05, 3.63) is 50.9 Å². The molecule has 0 aliphatic rings. The summed E-state index contributed by atoms with van der Waals surface area (Å²) in [4.78, 5) is 11.5. The third-order valence-electron chi connectivity index (χ3n) is 3.35. The number of methoxy groups -OCH3 is 1. The van der Waals surface area contributed by atoms with Crippen LogP contribution >= 0.6 is 31.9 Å². The van der Waals surface area contributed by atoms with Gasteiger partial charge in [0.2, 0.25) is 0 Å². The van der Waals surface area contributed by atoms with Crippen molar-refractivity contribution in [3.63, 3.8) is 0 Å². The Balaban J connectivity index is 2.63. The maximum Gasteiger partial charge on any atom is 0.154 e. The summed E-state index contributed by atoms with van der Waals surface area (Å²) in [6.07, 6.45) is 0.855. The molecule has 0 aliphatic heterocycles. The quantitative estimate of drug-likeness (QED) is 0.434. The fraction of sp³-hybridized carbons (Fsp3) is 0.0625. The largest absolute Gasteiger partial charge is 0.495 e. The molecule has 2 nitrogen and oxygen atoms in total. The van der Waals surface area contributed by atoms with Gasteiger partial charge in [0.25, 0.3) is 0 Å². The number of rotatable bonds is 2. The van der Waals surface area contributed by atoms with E-state index in [4.69, 9.17) is 4.74 Å². The molecular weight excluding hydrogens is 384 g/mol. The van der Waals surface area contributed by atoms with E-state index in [0.717, 1.165) is 36.8 Å². The van der Waals surface area contributed by atoms with Gasteiger partial charge < -0.3 is 4.74 Å². The van der Waals surface area contributed by atoms with Gasteiger partial charge in [-0.2, -0.15) is 0 Å². The molecule has 3 rings (SSSR count). The van der Waals surface area contributed by atoms with E-state index in [1.807, 2.05) is 36.4 Å². The zero-order valence-corrected chi connectivity index (χ0v) is 13.8. The van der Waals surface area contributed by atoms with Crippen LogP contribution in [0.3, 0.4) is 0 Å². The van der Waals surface area contributed by atoms with E-state index in [1.54, 1.807) is 7.11 Å². The maximum absolute atomic E-state index is 11.5. The highest BCUT2D eigenvalue weighted by Crippen LogP contribution is 2.39. The molecule has 0 atom stereocenters. The summed E-state index contributed by atoms with van der Waals surface area (Å²) in [7, 11) is 1.59. The zero-order valence-electron chi connectivity index (χ0n) is 10.6. The van der Waals surface area contributed by atoms with Crippen LogP contribution in [0.2, 0.25) is 0 Å². The van der Waals surface area contributed by atoms with Gasteiger partial charge in [-0.15, -0.1) is 0 Å². The molecule has 0 aliphatic carbocycles. The second kappa shape index (κ2) is 5.19. The van der Waals surface area contributed by atoms with E-state index in [0.29, 0.717) is 11.3 Å². The van der Waals surface area contributed by atoms with E-state index < -0.39 is 0 Å². The number of carbonyl (C=O) groups excluding carboxylic acids is 1. The minimum absolute atomic E-state index is 0.578. The normalized spacial score (nSPS) is 10.9. The molecule has 20 heavy (non-hydrogen) atoms. The summed E-state index contributed by atoms with van der Waals surface area (Å²) in [6.45, 7) is 0. The van der Waals surface area contributed by atoms with Gasteiger partial charge in [0.05, 0.1) is 12.7 Å². The molecule has 0 heterocycles. The van der Waals surface area contributed by atoms with Gasteiger partial charge in [-0.25, -0.2) is 0 Å². The second-order valence-corrected chi connectivity index (χ2v) is 6.28. The number of hydrogen-bond donors (Lipinski definition) is 0. The lowest BCUT2D eigenvalue weighted by molar-refractivity contribution is 0.112. The van der Waals surface area contributed by atoms with Gasteiger partial charge in [0, 0.05) is 14.3 Å². The van der Waals surface area contributed by atoms with Crippen LogP contribution in [0.5, 0.6) is 5.75 Å². The predicted octanol–water partition coefficient (Wildman–Crippen LogP) is 5.34. The Morgan fingerprint density at radius 2 is 1.45 bits per heavy atom. The lowest BCUT2D eigenvalue weighted by Crippen LogP contribution is -1.95. The third kappa shape index (κ3) is 2.03. The minimum Gasteiger partial charge on any atom is -0.495 e. The highest BCUT2D eigenvalue weighted by molar-refractivity contribution is 9.10. The first-order valence-electron chi connectivity index (χ1n) is 5.99. The first kappa shape index (κ1) is 13.6. The Morgan fingerprint density at radius 3 is 2.00 bits per heavy atom. The molecule has 0 amide bonds. The fourth-order valence-electron chi connectivity index (χ4n) is 2.52. The molecule has 0 bridgehead atoms. The van der Waals surface area contributed by atoms with Gasteiger partial charge in [-0.3, -0.25) is 4.79 Å². The van der Waals surface area contributed by atoms with Crippen molar-refractivity contribution < 1.29 is 9.53 Å². The highest BCUT2D eigenvalue weighted by Gasteiger charge is 2.15. The van der Waals surface area contributed by atoms with Crippen LogP contribution in [0.4, 0.5) is 0 Å². The average molecular weight is 394 g/mol. The monoisotopic (exact) mass is 392 g/mol. The second-order valence-electron chi connectivity index (χ2n) is 4.44. The van der Waals surface area contributed by atoms with Crippen LogP contribution in [-0.2, 0) is 0 Å². The molecule has 0 saturated carbocycles. The summed E-state index contributed by atoms with van der Waals surface area (Å²) in [5.74, 6) is 0.613. The number of ether oxygens (including phenoxy) is 1. The summed E-state index contributed by atoms with van der Waals surface area (Å²) >= 11 is 6.92. The molecule has 0 radical (unpaired) electrons. The molecule has 3 aromatic carbocycles. The molecule has 0 N–H and O–H groups in total. The van der Waals surface area contributed by atoms with E-state index >= 15 is 0 Å². The van der Waals surface area contributed by atoms with Crippen LogP contribution < -0.4 is 4.74 Å². The molecule has 4 heteroatoms. The van der Waals surface area contributed by atoms with E-state index in [9.17, 15) is 4.79 Å². The van der Waals surface area contributed by atoms with Gasteiger partial charge in [-0.1, -0.05) is 44.0 Å². The van der Waals surface area contributed by atoms with Gasteiger partial charge in [-0.05, 0) is 40.4 Å². The molecule has 0 fully saturated rings. The molecule has 0 spiro atoms. The van der Waals surface area contributed by atoms with Crippen molar-refractivity contribution in [3.8, 4) is 5.75 Å². The number of benzene rings is 3. The number of hydrogen-bond acceptors (Lipinski definition) is 2. The first-order chi connectivity index (χ1) is 9.65. The Kier molecular flexibility index (Phi) is 3.52. The number of halogens is 2. The number of aldehydes is 1. The molecule has 0 unspecified atom stereocenters. The van der Waals surface area contributed by atoms with E-state index in [-0.39, 0.29) is 0 Å². The van der Waals surface area contributed by atoms with Crippen molar-refractivity contribution in [1.82, 2.24) is 0 Å². The number of carbonyl (C=O) groups is 1. The van der Waals surface area contributed by atoms with E-state index in [2.05, 4.69) is 31.9 Å². The van der Waals surface area contributed by atoms with Gasteiger partial charge in [0.1, 0.15) is 5.75 Å². The van der Waals surface area contributed by atoms with Crippen LogP contribution in [0.15, 0.2) is 45.3 Å². The Morgan fingerprint density at radius 1 is 0.900 bits per heavy atom. The van der Waals surface area contributed by atoms with Crippen molar-refractivity contribution in [2.45, 2.75) is 0 Å². The smallest absolute Gasteiger partial charge is 0.154 e. The predicted molar refractivity (Wildman–Crippen MR) is 88.8 cm³/mol. The van der Waals surface area contributed by atoms with Gasteiger partial charge >= 0.3 is 0 Å². The molecule has 3 aromatic rings. The first-order valence-corrected chi connectivity index (χ1v) is 7.58. The van der Waals surface area contributed by atoms with Crippen molar-refractivity contribution >= 4 is 59.7 Å². The van der Waals surface area contributed by atoms with Crippen LogP contribution in [0.25, 0.3) is 21.5 Å². The molecule has 0 saturated heterocycles. The Hall–Kier alpha value is -1.39. The van der Waals surface area contributed by atoms with Gasteiger partial charge in [0.15, 0.2) is 6.29 Å². The average Bonchev–Trinajstić information content (AvgIpc) is 2.45. The number of fused-ring (bicyclic) bond motifs is 3. The van der Waals surface area contributed by atoms with Crippen molar-refractivity contribution in [1.29, 1.82) is 0 Å². The summed E-state index contributed by atoms with van der Waals surface area (Å²) < 4.78 is 7.38. The minimum atomic E-state index is 0.578.